The summed E-state index contributed by atoms with van der Waals surface area (Å²) >= 11 is 0. The van der Waals surface area contributed by atoms with Crippen molar-refractivity contribution in [1.82, 2.24) is 14.7 Å². The van der Waals surface area contributed by atoms with E-state index in [2.05, 4.69) is 33.0 Å². The summed E-state index contributed by atoms with van der Waals surface area (Å²) in [6, 6.07) is 19.3. The Hall–Kier alpha value is -3.41. The van der Waals surface area contributed by atoms with Crippen molar-refractivity contribution in [3.05, 3.63) is 77.5 Å². The Bertz CT molecular complexity index is 1140. The predicted molar refractivity (Wildman–Crippen MR) is 147 cm³/mol. The van der Waals surface area contributed by atoms with Crippen molar-refractivity contribution in [2.24, 2.45) is 0 Å². The van der Waals surface area contributed by atoms with Crippen molar-refractivity contribution in [3.63, 3.8) is 0 Å². The molecule has 1 N–H and O–H groups in total. The third-order valence-corrected chi connectivity index (χ3v) is 6.21. The van der Waals surface area contributed by atoms with Crippen LogP contribution in [0.1, 0.15) is 82.4 Å². The summed E-state index contributed by atoms with van der Waals surface area (Å²) in [6.07, 6.45) is 4.56. The molecule has 0 aliphatic rings. The van der Waals surface area contributed by atoms with Gasteiger partial charge in [0.25, 0.3) is 5.91 Å². The number of hydrogen-bond acceptors (Lipinski definition) is 3. The van der Waals surface area contributed by atoms with Gasteiger partial charge in [0, 0.05) is 23.1 Å². The molecule has 3 rings (SSSR count). The topological polar surface area (TPSA) is 67.2 Å². The van der Waals surface area contributed by atoms with E-state index in [-0.39, 0.29) is 29.8 Å². The standard InChI is InChI=1S/C30H40N4O2/c1-7-8-10-13-23-16-18-24(19-17-23)29(36)33(22(2)3)21-28(35)31-27-20-26(30(4,5)6)32-34(27)25-14-11-9-12-15-25/h9,11-12,14-20,22H,7-8,10,13,21H2,1-6H3,(H,31,35). The van der Waals surface area contributed by atoms with E-state index in [9.17, 15) is 9.59 Å². The van der Waals surface area contributed by atoms with Gasteiger partial charge in [0.1, 0.15) is 12.4 Å². The van der Waals surface area contributed by atoms with E-state index in [0.29, 0.717) is 11.4 Å². The molecule has 3 aromatic rings. The van der Waals surface area contributed by atoms with Crippen LogP contribution in [0.3, 0.4) is 0 Å². The fourth-order valence-electron chi connectivity index (χ4n) is 3.99. The lowest BCUT2D eigenvalue weighted by Crippen LogP contribution is -2.42. The summed E-state index contributed by atoms with van der Waals surface area (Å²) in [5.74, 6) is 0.182. The molecule has 0 radical (unpaired) electrons. The quantitative estimate of drug-likeness (QED) is 0.336. The summed E-state index contributed by atoms with van der Waals surface area (Å²) in [4.78, 5) is 28.1. The average molecular weight is 489 g/mol. The maximum absolute atomic E-state index is 13.3. The first kappa shape index (κ1) is 27.2. The molecule has 6 heteroatoms. The Morgan fingerprint density at radius 3 is 2.25 bits per heavy atom. The number of unbranched alkanes of at least 4 members (excludes halogenated alkanes) is 2. The summed E-state index contributed by atoms with van der Waals surface area (Å²) in [5.41, 5.74) is 3.39. The van der Waals surface area contributed by atoms with Crippen molar-refractivity contribution in [2.45, 2.75) is 78.7 Å². The van der Waals surface area contributed by atoms with E-state index in [1.165, 1.54) is 18.4 Å². The normalized spacial score (nSPS) is 11.5. The fraction of sp³-hybridized carbons (Fsp3) is 0.433. The first-order chi connectivity index (χ1) is 17.1. The highest BCUT2D eigenvalue weighted by atomic mass is 16.2. The number of aryl methyl sites for hydroxylation is 1. The van der Waals surface area contributed by atoms with Gasteiger partial charge in [-0.05, 0) is 56.5 Å². The molecular weight excluding hydrogens is 448 g/mol. The van der Waals surface area contributed by atoms with Crippen molar-refractivity contribution in [3.8, 4) is 5.69 Å². The van der Waals surface area contributed by atoms with Gasteiger partial charge in [-0.2, -0.15) is 5.10 Å². The molecule has 0 saturated heterocycles. The number of carbonyl (C=O) groups excluding carboxylic acids is 2. The number of nitrogens with zero attached hydrogens (tertiary/aromatic N) is 3. The number of nitrogens with one attached hydrogen (secondary N) is 1. The van der Waals surface area contributed by atoms with Crippen molar-refractivity contribution < 1.29 is 9.59 Å². The lowest BCUT2D eigenvalue weighted by Gasteiger charge is -2.26. The number of hydrogen-bond donors (Lipinski definition) is 1. The first-order valence-electron chi connectivity index (χ1n) is 13.0. The van der Waals surface area contributed by atoms with E-state index in [1.54, 1.807) is 9.58 Å². The third kappa shape index (κ3) is 7.06. The molecule has 0 saturated carbocycles. The lowest BCUT2D eigenvalue weighted by molar-refractivity contribution is -0.117. The highest BCUT2D eigenvalue weighted by Crippen LogP contribution is 2.26. The molecule has 0 atom stereocenters. The fourth-order valence-corrected chi connectivity index (χ4v) is 3.99. The van der Waals surface area contributed by atoms with Crippen LogP contribution in [0, 0.1) is 0 Å². The molecule has 6 nitrogen and oxygen atoms in total. The Balaban J connectivity index is 1.76. The summed E-state index contributed by atoms with van der Waals surface area (Å²) in [7, 11) is 0. The first-order valence-corrected chi connectivity index (χ1v) is 13.0. The number of carbonyl (C=O) groups is 2. The van der Waals surface area contributed by atoms with Gasteiger partial charge in [0.2, 0.25) is 5.91 Å². The summed E-state index contributed by atoms with van der Waals surface area (Å²) in [6.45, 7) is 12.3. The number of anilines is 1. The van der Waals surface area contributed by atoms with Gasteiger partial charge in [-0.25, -0.2) is 4.68 Å². The molecule has 0 aliphatic heterocycles. The molecule has 0 fully saturated rings. The minimum Gasteiger partial charge on any atom is -0.327 e. The van der Waals surface area contributed by atoms with Crippen LogP contribution in [0.4, 0.5) is 5.82 Å². The molecule has 2 amide bonds. The SMILES string of the molecule is CCCCCc1ccc(C(=O)N(CC(=O)Nc2cc(C(C)(C)C)nn2-c2ccccc2)C(C)C)cc1. The van der Waals surface area contributed by atoms with Crippen molar-refractivity contribution >= 4 is 17.6 Å². The maximum Gasteiger partial charge on any atom is 0.254 e. The lowest BCUT2D eigenvalue weighted by atomic mass is 9.92. The molecule has 192 valence electrons. The van der Waals surface area contributed by atoms with E-state index < -0.39 is 0 Å². The number of para-hydroxylation sites is 1. The van der Waals surface area contributed by atoms with Gasteiger partial charge >= 0.3 is 0 Å². The van der Waals surface area contributed by atoms with Crippen LogP contribution in [0.5, 0.6) is 0 Å². The molecule has 36 heavy (non-hydrogen) atoms. The van der Waals surface area contributed by atoms with E-state index in [0.717, 1.165) is 24.2 Å². The Morgan fingerprint density at radius 2 is 1.67 bits per heavy atom. The Kier molecular flexibility index (Phi) is 9.08. The van der Waals surface area contributed by atoms with Gasteiger partial charge in [-0.3, -0.25) is 9.59 Å². The van der Waals surface area contributed by atoms with E-state index in [4.69, 9.17) is 5.10 Å². The van der Waals surface area contributed by atoms with Gasteiger partial charge in [0.15, 0.2) is 0 Å². The molecule has 0 spiro atoms. The van der Waals surface area contributed by atoms with Crippen LogP contribution in [0.25, 0.3) is 5.69 Å². The zero-order chi connectivity index (χ0) is 26.3. The van der Waals surface area contributed by atoms with Gasteiger partial charge in [-0.15, -0.1) is 0 Å². The summed E-state index contributed by atoms with van der Waals surface area (Å²) in [5, 5.41) is 7.76. The van der Waals surface area contributed by atoms with Crippen LogP contribution in [0.2, 0.25) is 0 Å². The second-order valence-corrected chi connectivity index (χ2v) is 10.6. The predicted octanol–water partition coefficient (Wildman–Crippen LogP) is 6.39. The molecule has 1 aromatic heterocycles. The number of benzene rings is 2. The Labute approximate surface area is 215 Å². The smallest absolute Gasteiger partial charge is 0.254 e. The van der Waals surface area contributed by atoms with Crippen LogP contribution in [-0.2, 0) is 16.6 Å². The van der Waals surface area contributed by atoms with E-state index in [1.807, 2.05) is 74.5 Å². The van der Waals surface area contributed by atoms with Crippen molar-refractivity contribution in [2.75, 3.05) is 11.9 Å². The number of amides is 2. The molecule has 2 aromatic carbocycles. The zero-order valence-electron chi connectivity index (χ0n) is 22.5. The zero-order valence-corrected chi connectivity index (χ0v) is 22.5. The van der Waals surface area contributed by atoms with Crippen LogP contribution in [-0.4, -0.2) is 39.1 Å². The second kappa shape index (κ2) is 12.0. The van der Waals surface area contributed by atoms with Gasteiger partial charge < -0.3 is 10.2 Å². The Morgan fingerprint density at radius 1 is 1.00 bits per heavy atom. The molecule has 0 bridgehead atoms. The molecular formula is C30H40N4O2. The molecule has 0 aliphatic carbocycles. The maximum atomic E-state index is 13.3. The second-order valence-electron chi connectivity index (χ2n) is 10.6. The van der Waals surface area contributed by atoms with Crippen LogP contribution in [0.15, 0.2) is 60.7 Å². The molecule has 1 heterocycles. The van der Waals surface area contributed by atoms with Crippen LogP contribution >= 0.6 is 0 Å². The highest BCUT2D eigenvalue weighted by Gasteiger charge is 2.24. The van der Waals surface area contributed by atoms with Gasteiger partial charge in [0.05, 0.1) is 11.4 Å². The van der Waals surface area contributed by atoms with Crippen molar-refractivity contribution in [1.29, 1.82) is 0 Å². The van der Waals surface area contributed by atoms with Gasteiger partial charge in [-0.1, -0.05) is 70.9 Å². The monoisotopic (exact) mass is 488 g/mol. The largest absolute Gasteiger partial charge is 0.327 e. The minimum absolute atomic E-state index is 0.0421. The average Bonchev–Trinajstić information content (AvgIpc) is 3.27. The highest BCUT2D eigenvalue weighted by molar-refractivity contribution is 5.99. The number of rotatable bonds is 10. The third-order valence-electron chi connectivity index (χ3n) is 6.21. The molecule has 0 unspecified atom stereocenters. The summed E-state index contributed by atoms with van der Waals surface area (Å²) < 4.78 is 1.75. The number of aromatic nitrogens is 2. The minimum atomic E-state index is -0.259. The van der Waals surface area contributed by atoms with E-state index >= 15 is 0 Å². The van der Waals surface area contributed by atoms with Crippen LogP contribution < -0.4 is 5.32 Å².